The molecule has 1 aliphatic heterocycles. The van der Waals surface area contributed by atoms with E-state index in [0.717, 1.165) is 37.6 Å². The number of aromatic nitrogens is 4. The summed E-state index contributed by atoms with van der Waals surface area (Å²) in [5, 5.41) is 4.02. The van der Waals surface area contributed by atoms with Crippen molar-refractivity contribution in [3.05, 3.63) is 30.3 Å². The predicted octanol–water partition coefficient (Wildman–Crippen LogP) is 1.55. The molecule has 0 bridgehead atoms. The van der Waals surface area contributed by atoms with Gasteiger partial charge in [-0.25, -0.2) is 9.97 Å². The fraction of sp³-hybridized carbons (Fsp3) is 0.500. The Morgan fingerprint density at radius 3 is 3.11 bits per heavy atom. The molecule has 0 N–H and O–H groups in total. The second kappa shape index (κ2) is 4.72. The summed E-state index contributed by atoms with van der Waals surface area (Å²) in [5.74, 6) is 2.73. The van der Waals surface area contributed by atoms with Crippen molar-refractivity contribution in [3.63, 3.8) is 0 Å². The molecular formula is C12H15N5O. The van der Waals surface area contributed by atoms with E-state index in [1.54, 1.807) is 12.5 Å². The molecule has 0 amide bonds. The Bertz CT molecular complexity index is 512. The number of piperidine rings is 1. The van der Waals surface area contributed by atoms with Crippen LogP contribution in [-0.2, 0) is 0 Å². The van der Waals surface area contributed by atoms with Gasteiger partial charge in [0.25, 0.3) is 0 Å². The molecule has 1 atom stereocenters. The summed E-state index contributed by atoms with van der Waals surface area (Å²) in [6.07, 6.45) is 5.56. The van der Waals surface area contributed by atoms with Crippen molar-refractivity contribution in [1.82, 2.24) is 20.1 Å². The van der Waals surface area contributed by atoms with E-state index in [9.17, 15) is 0 Å². The third-order valence-electron chi connectivity index (χ3n) is 3.22. The SMILES string of the molecule is Cc1nc([C@H]2CCCN(c3ccncn3)C2)no1. The van der Waals surface area contributed by atoms with Gasteiger partial charge < -0.3 is 9.42 Å². The van der Waals surface area contributed by atoms with Gasteiger partial charge in [0.05, 0.1) is 0 Å². The lowest BCUT2D eigenvalue weighted by atomic mass is 9.97. The van der Waals surface area contributed by atoms with Crippen LogP contribution in [0.2, 0.25) is 0 Å². The van der Waals surface area contributed by atoms with E-state index in [0.29, 0.717) is 11.8 Å². The molecule has 3 rings (SSSR count). The molecule has 0 unspecified atom stereocenters. The summed E-state index contributed by atoms with van der Waals surface area (Å²) < 4.78 is 5.05. The van der Waals surface area contributed by atoms with Crippen molar-refractivity contribution >= 4 is 5.82 Å². The molecule has 0 saturated carbocycles. The number of anilines is 1. The molecule has 2 aromatic heterocycles. The van der Waals surface area contributed by atoms with Crippen molar-refractivity contribution in [2.45, 2.75) is 25.7 Å². The third-order valence-corrected chi connectivity index (χ3v) is 3.22. The Labute approximate surface area is 105 Å². The van der Waals surface area contributed by atoms with Gasteiger partial charge in [0.15, 0.2) is 5.82 Å². The molecule has 2 aromatic rings. The maximum Gasteiger partial charge on any atom is 0.223 e. The first-order chi connectivity index (χ1) is 8.83. The molecule has 0 aromatic carbocycles. The smallest absolute Gasteiger partial charge is 0.223 e. The van der Waals surface area contributed by atoms with Crippen LogP contribution in [-0.4, -0.2) is 33.2 Å². The Hall–Kier alpha value is -1.98. The minimum absolute atomic E-state index is 0.325. The van der Waals surface area contributed by atoms with Crippen molar-refractivity contribution in [3.8, 4) is 0 Å². The van der Waals surface area contributed by atoms with Gasteiger partial charge in [-0.2, -0.15) is 4.98 Å². The van der Waals surface area contributed by atoms with Crippen LogP contribution in [0, 0.1) is 6.92 Å². The molecule has 6 heteroatoms. The maximum atomic E-state index is 5.05. The third kappa shape index (κ3) is 2.18. The molecule has 0 radical (unpaired) electrons. The molecule has 1 fully saturated rings. The molecular weight excluding hydrogens is 230 g/mol. The molecule has 1 saturated heterocycles. The van der Waals surface area contributed by atoms with Gasteiger partial charge in [-0.05, 0) is 18.9 Å². The van der Waals surface area contributed by atoms with E-state index in [-0.39, 0.29) is 0 Å². The molecule has 94 valence electrons. The number of rotatable bonds is 2. The van der Waals surface area contributed by atoms with Crippen LogP contribution >= 0.6 is 0 Å². The fourth-order valence-electron chi connectivity index (χ4n) is 2.35. The van der Waals surface area contributed by atoms with Crippen LogP contribution in [0.25, 0.3) is 0 Å². The van der Waals surface area contributed by atoms with Crippen LogP contribution in [0.15, 0.2) is 23.1 Å². The predicted molar refractivity (Wildman–Crippen MR) is 65.3 cm³/mol. The van der Waals surface area contributed by atoms with Crippen molar-refractivity contribution in [2.75, 3.05) is 18.0 Å². The normalized spacial score (nSPS) is 20.1. The fourth-order valence-corrected chi connectivity index (χ4v) is 2.35. The Morgan fingerprint density at radius 2 is 2.39 bits per heavy atom. The van der Waals surface area contributed by atoms with Crippen LogP contribution in [0.5, 0.6) is 0 Å². The van der Waals surface area contributed by atoms with Gasteiger partial charge in [-0.3, -0.25) is 0 Å². The molecule has 3 heterocycles. The Kier molecular flexibility index (Phi) is 2.92. The minimum atomic E-state index is 0.325. The van der Waals surface area contributed by atoms with E-state index in [4.69, 9.17) is 4.52 Å². The summed E-state index contributed by atoms with van der Waals surface area (Å²) in [6.45, 7) is 3.72. The van der Waals surface area contributed by atoms with Gasteiger partial charge in [0.1, 0.15) is 12.1 Å². The van der Waals surface area contributed by atoms with E-state index in [2.05, 4.69) is 25.0 Å². The Balaban J connectivity index is 1.76. The molecule has 6 nitrogen and oxygen atoms in total. The van der Waals surface area contributed by atoms with Gasteiger partial charge in [-0.1, -0.05) is 5.16 Å². The second-order valence-electron chi connectivity index (χ2n) is 4.52. The van der Waals surface area contributed by atoms with Gasteiger partial charge in [0.2, 0.25) is 5.89 Å². The highest BCUT2D eigenvalue weighted by atomic mass is 16.5. The minimum Gasteiger partial charge on any atom is -0.356 e. The van der Waals surface area contributed by atoms with Crippen LogP contribution in [0.4, 0.5) is 5.82 Å². The first kappa shape index (κ1) is 11.1. The second-order valence-corrected chi connectivity index (χ2v) is 4.52. The Morgan fingerprint density at radius 1 is 1.44 bits per heavy atom. The summed E-state index contributed by atoms with van der Waals surface area (Å²) in [5.41, 5.74) is 0. The van der Waals surface area contributed by atoms with Gasteiger partial charge in [-0.15, -0.1) is 0 Å². The molecule has 0 spiro atoms. The number of nitrogens with zero attached hydrogens (tertiary/aromatic N) is 5. The van der Waals surface area contributed by atoms with E-state index in [1.165, 1.54) is 0 Å². The zero-order chi connectivity index (χ0) is 12.4. The van der Waals surface area contributed by atoms with Crippen molar-refractivity contribution < 1.29 is 4.52 Å². The lowest BCUT2D eigenvalue weighted by Crippen LogP contribution is -2.35. The standard InChI is InChI=1S/C12H15N5O/c1-9-15-12(16-18-9)10-3-2-6-17(7-10)11-4-5-13-8-14-11/h4-5,8,10H,2-3,6-7H2,1H3/t10-/m0/s1. The summed E-state index contributed by atoms with van der Waals surface area (Å²) >= 11 is 0. The highest BCUT2D eigenvalue weighted by Gasteiger charge is 2.25. The highest BCUT2D eigenvalue weighted by Crippen LogP contribution is 2.27. The first-order valence-electron chi connectivity index (χ1n) is 6.14. The largest absolute Gasteiger partial charge is 0.356 e. The lowest BCUT2D eigenvalue weighted by Gasteiger charge is -2.31. The van der Waals surface area contributed by atoms with E-state index >= 15 is 0 Å². The van der Waals surface area contributed by atoms with Crippen LogP contribution in [0.3, 0.4) is 0 Å². The molecule has 0 aliphatic carbocycles. The topological polar surface area (TPSA) is 67.9 Å². The number of hydrogen-bond acceptors (Lipinski definition) is 6. The van der Waals surface area contributed by atoms with Crippen LogP contribution in [0.1, 0.15) is 30.5 Å². The summed E-state index contributed by atoms with van der Waals surface area (Å²) in [4.78, 5) is 14.8. The van der Waals surface area contributed by atoms with Crippen molar-refractivity contribution in [2.24, 2.45) is 0 Å². The average molecular weight is 245 g/mol. The zero-order valence-corrected chi connectivity index (χ0v) is 10.3. The quantitative estimate of drug-likeness (QED) is 0.799. The number of aryl methyl sites for hydroxylation is 1. The monoisotopic (exact) mass is 245 g/mol. The molecule has 18 heavy (non-hydrogen) atoms. The van der Waals surface area contributed by atoms with E-state index in [1.807, 2.05) is 13.0 Å². The molecule has 1 aliphatic rings. The average Bonchev–Trinajstić information content (AvgIpc) is 2.87. The van der Waals surface area contributed by atoms with Gasteiger partial charge in [0, 0.05) is 32.1 Å². The lowest BCUT2D eigenvalue weighted by molar-refractivity contribution is 0.376. The summed E-state index contributed by atoms with van der Waals surface area (Å²) in [6, 6.07) is 1.93. The van der Waals surface area contributed by atoms with Crippen molar-refractivity contribution in [1.29, 1.82) is 0 Å². The van der Waals surface area contributed by atoms with E-state index < -0.39 is 0 Å². The number of hydrogen-bond donors (Lipinski definition) is 0. The zero-order valence-electron chi connectivity index (χ0n) is 10.3. The maximum absolute atomic E-state index is 5.05. The van der Waals surface area contributed by atoms with Crippen LogP contribution < -0.4 is 4.90 Å². The van der Waals surface area contributed by atoms with Gasteiger partial charge >= 0.3 is 0 Å². The summed E-state index contributed by atoms with van der Waals surface area (Å²) in [7, 11) is 0. The highest BCUT2D eigenvalue weighted by molar-refractivity contribution is 5.37. The first-order valence-corrected chi connectivity index (χ1v) is 6.14.